The summed E-state index contributed by atoms with van der Waals surface area (Å²) in [5.41, 5.74) is 0. The maximum atomic E-state index is 12.9. The number of aliphatic hydroxyl groups is 1. The van der Waals surface area contributed by atoms with Crippen LogP contribution in [0.5, 0.6) is 0 Å². The molecule has 0 saturated heterocycles. The van der Waals surface area contributed by atoms with Gasteiger partial charge in [-0.05, 0) is 44.9 Å². The average Bonchev–Trinajstić information content (AvgIpc) is 3.16. The van der Waals surface area contributed by atoms with Crippen molar-refractivity contribution in [2.75, 3.05) is 40.9 Å². The van der Waals surface area contributed by atoms with E-state index in [1.54, 1.807) is 6.08 Å². The van der Waals surface area contributed by atoms with Crippen LogP contribution in [0, 0.1) is 0 Å². The van der Waals surface area contributed by atoms with E-state index in [0.717, 1.165) is 44.9 Å². The topological polar surface area (TPSA) is 108 Å². The molecule has 0 radical (unpaired) electrons. The number of aliphatic hydroxyl groups excluding tert-OH is 1. The third kappa shape index (κ3) is 42.6. The second kappa shape index (κ2) is 40.1. The van der Waals surface area contributed by atoms with Gasteiger partial charge in [0.05, 0.1) is 39.9 Å². The van der Waals surface area contributed by atoms with E-state index in [1.165, 1.54) is 148 Å². The van der Waals surface area contributed by atoms with Crippen LogP contribution in [-0.4, -0.2) is 68.5 Å². The number of rotatable bonds is 43. The van der Waals surface area contributed by atoms with Gasteiger partial charge in [-0.15, -0.1) is 0 Å². The number of nitrogens with one attached hydrogen (secondary N) is 1. The highest BCUT2D eigenvalue weighted by Crippen LogP contribution is 2.38. The van der Waals surface area contributed by atoms with Crippen molar-refractivity contribution in [3.63, 3.8) is 0 Å². The lowest BCUT2D eigenvalue weighted by Gasteiger charge is -2.29. The summed E-state index contributed by atoms with van der Waals surface area (Å²) in [4.78, 5) is 25.3. The second-order valence-electron chi connectivity index (χ2n) is 17.5. The second-order valence-corrected chi connectivity index (χ2v) is 18.9. The number of phosphoric ester groups is 1. The molecule has 2 N–H and O–H groups in total. The number of carbonyl (C=O) groups excluding carboxylic acids is 1. The van der Waals surface area contributed by atoms with Crippen LogP contribution in [0.15, 0.2) is 36.5 Å². The molecule has 0 bridgehead atoms. The molecular weight excluding hydrogens is 732 g/mol. The van der Waals surface area contributed by atoms with Gasteiger partial charge < -0.3 is 28.8 Å². The van der Waals surface area contributed by atoms with Crippen molar-refractivity contribution in [3.05, 3.63) is 36.5 Å². The van der Waals surface area contributed by atoms with Gasteiger partial charge in [-0.2, -0.15) is 0 Å². The van der Waals surface area contributed by atoms with E-state index < -0.39 is 26.6 Å². The minimum Gasteiger partial charge on any atom is -0.756 e. The fraction of sp³-hybridized carbons (Fsp3) is 0.854. The predicted molar refractivity (Wildman–Crippen MR) is 242 cm³/mol. The normalized spacial score (nSPS) is 14.6. The first-order valence-electron chi connectivity index (χ1n) is 23.9. The summed E-state index contributed by atoms with van der Waals surface area (Å²) < 4.78 is 23.2. The fourth-order valence-electron chi connectivity index (χ4n) is 6.77. The number of nitrogens with zero attached hydrogens (tertiary/aromatic N) is 1. The van der Waals surface area contributed by atoms with Crippen LogP contribution in [-0.2, 0) is 18.4 Å². The number of amides is 1. The predicted octanol–water partition coefficient (Wildman–Crippen LogP) is 12.8. The Morgan fingerprint density at radius 1 is 0.596 bits per heavy atom. The van der Waals surface area contributed by atoms with E-state index in [2.05, 4.69) is 43.5 Å². The summed E-state index contributed by atoms with van der Waals surface area (Å²) >= 11 is 0. The maximum Gasteiger partial charge on any atom is 0.268 e. The van der Waals surface area contributed by atoms with Gasteiger partial charge in [0.1, 0.15) is 13.2 Å². The Kier molecular flexibility index (Phi) is 39.2. The molecule has 1 amide bonds. The largest absolute Gasteiger partial charge is 0.756 e. The number of carbonyl (C=O) groups is 1. The molecule has 9 heteroatoms. The molecule has 0 saturated carbocycles. The Hall–Kier alpha value is -1.28. The Labute approximate surface area is 353 Å². The number of hydrogen-bond donors (Lipinski definition) is 2. The van der Waals surface area contributed by atoms with Crippen LogP contribution in [0.3, 0.4) is 0 Å². The van der Waals surface area contributed by atoms with Crippen molar-refractivity contribution in [1.82, 2.24) is 5.32 Å². The summed E-state index contributed by atoms with van der Waals surface area (Å²) in [5, 5.41) is 13.8. The molecular formula is C48H93N2O6P. The zero-order valence-electron chi connectivity index (χ0n) is 38.0. The van der Waals surface area contributed by atoms with E-state index in [1.807, 2.05) is 27.2 Å². The molecule has 0 spiro atoms. The molecule has 0 aromatic heterocycles. The van der Waals surface area contributed by atoms with Crippen LogP contribution in [0.1, 0.15) is 213 Å². The maximum absolute atomic E-state index is 12.9. The van der Waals surface area contributed by atoms with Crippen molar-refractivity contribution >= 4 is 13.7 Å². The van der Waals surface area contributed by atoms with Crippen LogP contribution in [0.2, 0.25) is 0 Å². The molecule has 3 atom stereocenters. The lowest BCUT2D eigenvalue weighted by atomic mass is 10.0. The number of quaternary nitrogens is 1. The SMILES string of the molecule is CCCCCC/C=C/CC/C=C/CC/C=C/C(O)C(COP(=O)([O-])OCC[N+](C)(C)C)NC(=O)CCCCCCCCCCCCCCCCCCCCCCC. The van der Waals surface area contributed by atoms with Crippen molar-refractivity contribution in [1.29, 1.82) is 0 Å². The molecule has 3 unspecified atom stereocenters. The highest BCUT2D eigenvalue weighted by atomic mass is 31.2. The van der Waals surface area contributed by atoms with Crippen LogP contribution in [0.25, 0.3) is 0 Å². The number of phosphoric acid groups is 1. The summed E-state index contributed by atoms with van der Waals surface area (Å²) in [7, 11) is 1.24. The first kappa shape index (κ1) is 55.7. The van der Waals surface area contributed by atoms with Crippen molar-refractivity contribution < 1.29 is 32.9 Å². The Morgan fingerprint density at radius 3 is 1.42 bits per heavy atom. The molecule has 0 fully saturated rings. The zero-order chi connectivity index (χ0) is 42.1. The Balaban J connectivity index is 4.34. The highest BCUT2D eigenvalue weighted by Gasteiger charge is 2.23. The molecule has 336 valence electrons. The third-order valence-corrected chi connectivity index (χ3v) is 11.5. The third-order valence-electron chi connectivity index (χ3n) is 10.6. The van der Waals surface area contributed by atoms with Gasteiger partial charge in [-0.1, -0.05) is 198 Å². The lowest BCUT2D eigenvalue weighted by molar-refractivity contribution is -0.870. The highest BCUT2D eigenvalue weighted by molar-refractivity contribution is 7.45. The summed E-state index contributed by atoms with van der Waals surface area (Å²) in [6.45, 7) is 4.60. The standard InChI is InChI=1S/C48H93N2O6P/c1-6-8-10-12-14-16-18-20-22-23-24-25-26-27-28-30-32-34-36-38-40-42-48(52)49-46(45-56-57(53,54)55-44-43-50(3,4)5)47(51)41-39-37-35-33-31-29-21-19-17-15-13-11-9-7-2/h17,19,31,33,39,41,46-47,51H,6-16,18,20-30,32,34-38,40,42-45H2,1-5H3,(H-,49,52,53,54)/b19-17+,33-31+,41-39+. The number of allylic oxidation sites excluding steroid dienone is 5. The van der Waals surface area contributed by atoms with Crippen LogP contribution in [0.4, 0.5) is 0 Å². The van der Waals surface area contributed by atoms with Crippen LogP contribution < -0.4 is 10.2 Å². The Bertz CT molecular complexity index is 1030. The van der Waals surface area contributed by atoms with E-state index >= 15 is 0 Å². The molecule has 0 aliphatic heterocycles. The van der Waals surface area contributed by atoms with Crippen molar-refractivity contribution in [3.8, 4) is 0 Å². The molecule has 0 heterocycles. The minimum absolute atomic E-state index is 0.00785. The van der Waals surface area contributed by atoms with Crippen LogP contribution >= 0.6 is 7.82 Å². The fourth-order valence-corrected chi connectivity index (χ4v) is 7.50. The quantitative estimate of drug-likeness (QED) is 0.0274. The van der Waals surface area contributed by atoms with E-state index in [0.29, 0.717) is 17.4 Å². The van der Waals surface area contributed by atoms with E-state index in [4.69, 9.17) is 9.05 Å². The molecule has 0 aliphatic rings. The molecule has 0 aromatic rings. The van der Waals surface area contributed by atoms with Gasteiger partial charge in [0, 0.05) is 6.42 Å². The average molecular weight is 825 g/mol. The first-order valence-corrected chi connectivity index (χ1v) is 25.3. The minimum atomic E-state index is -4.60. The van der Waals surface area contributed by atoms with Gasteiger partial charge in [0.2, 0.25) is 5.91 Å². The van der Waals surface area contributed by atoms with E-state index in [9.17, 15) is 19.4 Å². The molecule has 0 rings (SSSR count). The van der Waals surface area contributed by atoms with Gasteiger partial charge >= 0.3 is 0 Å². The monoisotopic (exact) mass is 825 g/mol. The van der Waals surface area contributed by atoms with Crippen molar-refractivity contribution in [2.45, 2.75) is 225 Å². The van der Waals surface area contributed by atoms with Gasteiger partial charge in [-0.3, -0.25) is 9.36 Å². The smallest absolute Gasteiger partial charge is 0.268 e. The number of hydrogen-bond acceptors (Lipinski definition) is 6. The van der Waals surface area contributed by atoms with Gasteiger partial charge in [-0.25, -0.2) is 0 Å². The number of unbranched alkanes of at least 4 members (excludes halogenated alkanes) is 26. The first-order chi connectivity index (χ1) is 27.5. The molecule has 0 aromatic carbocycles. The Morgan fingerprint density at radius 2 is 0.982 bits per heavy atom. The van der Waals surface area contributed by atoms with Crippen molar-refractivity contribution in [2.24, 2.45) is 0 Å². The number of likely N-dealkylation sites (N-methyl/N-ethyl adjacent to an activating group) is 1. The molecule has 8 nitrogen and oxygen atoms in total. The summed E-state index contributed by atoms with van der Waals surface area (Å²) in [5.74, 6) is -0.210. The summed E-state index contributed by atoms with van der Waals surface area (Å²) in [6, 6.07) is -0.905. The molecule has 0 aliphatic carbocycles. The van der Waals surface area contributed by atoms with Gasteiger partial charge in [0.25, 0.3) is 7.82 Å². The molecule has 57 heavy (non-hydrogen) atoms. The van der Waals surface area contributed by atoms with Gasteiger partial charge in [0.15, 0.2) is 0 Å². The van der Waals surface area contributed by atoms with E-state index in [-0.39, 0.29) is 12.5 Å². The summed E-state index contributed by atoms with van der Waals surface area (Å²) in [6.07, 6.45) is 49.1. The zero-order valence-corrected chi connectivity index (χ0v) is 38.9. The lowest BCUT2D eigenvalue weighted by Crippen LogP contribution is -2.45.